The fourth-order valence-corrected chi connectivity index (χ4v) is 3.20. The van der Waals surface area contributed by atoms with Crippen LogP contribution in [0.5, 0.6) is 0 Å². The van der Waals surface area contributed by atoms with E-state index in [9.17, 15) is 4.39 Å². The Kier molecular flexibility index (Phi) is 3.09. The molecule has 0 N–H and O–H groups in total. The van der Waals surface area contributed by atoms with Crippen LogP contribution in [0.2, 0.25) is 0 Å². The van der Waals surface area contributed by atoms with Crippen molar-refractivity contribution in [1.82, 2.24) is 9.97 Å². The average Bonchev–Trinajstić information content (AvgIpc) is 2.16. The molecule has 15 heavy (non-hydrogen) atoms. The van der Waals surface area contributed by atoms with Crippen molar-refractivity contribution in [1.29, 1.82) is 0 Å². The fraction of sp³-hybridized carbons (Fsp3) is 0.600. The maximum absolute atomic E-state index is 13.4. The first-order valence-corrected chi connectivity index (χ1v) is 5.98. The number of thioether (sulfide) groups is 1. The van der Waals surface area contributed by atoms with Crippen molar-refractivity contribution >= 4 is 17.6 Å². The lowest BCUT2D eigenvalue weighted by atomic mass is 10.3. The fourth-order valence-electron chi connectivity index (χ4n) is 1.88. The number of rotatable bonds is 1. The van der Waals surface area contributed by atoms with Crippen molar-refractivity contribution in [3.8, 4) is 0 Å². The Morgan fingerprint density at radius 3 is 2.47 bits per heavy atom. The van der Waals surface area contributed by atoms with Crippen molar-refractivity contribution in [2.75, 3.05) is 18.0 Å². The molecular formula is C10H14FN3S. The quantitative estimate of drug-likeness (QED) is 0.733. The molecule has 1 aliphatic heterocycles. The topological polar surface area (TPSA) is 29.0 Å². The molecule has 1 aromatic heterocycles. The summed E-state index contributed by atoms with van der Waals surface area (Å²) in [5.41, 5.74) is 0. The van der Waals surface area contributed by atoms with Crippen LogP contribution in [-0.2, 0) is 0 Å². The summed E-state index contributed by atoms with van der Waals surface area (Å²) in [6.07, 6.45) is 2.92. The minimum Gasteiger partial charge on any atom is -0.351 e. The Bertz CT molecular complexity index is 337. The molecule has 5 heteroatoms. The Hall–Kier alpha value is -0.840. The van der Waals surface area contributed by atoms with E-state index < -0.39 is 5.95 Å². The minimum atomic E-state index is -0.469. The zero-order chi connectivity index (χ0) is 10.8. The van der Waals surface area contributed by atoms with Gasteiger partial charge in [-0.3, -0.25) is 0 Å². The number of hydrogen-bond acceptors (Lipinski definition) is 4. The summed E-state index contributed by atoms with van der Waals surface area (Å²) in [6, 6.07) is 0. The summed E-state index contributed by atoms with van der Waals surface area (Å²) in [7, 11) is 0. The molecule has 3 nitrogen and oxygen atoms in total. The number of aromatic nitrogens is 2. The molecule has 1 fully saturated rings. The van der Waals surface area contributed by atoms with Gasteiger partial charge in [-0.15, -0.1) is 0 Å². The second-order valence-corrected chi connectivity index (χ2v) is 5.71. The van der Waals surface area contributed by atoms with Crippen molar-refractivity contribution in [3.05, 3.63) is 18.3 Å². The maximum atomic E-state index is 13.4. The smallest absolute Gasteiger partial charge is 0.255 e. The number of halogens is 1. The summed E-state index contributed by atoms with van der Waals surface area (Å²) in [4.78, 5) is 9.66. The summed E-state index contributed by atoms with van der Waals surface area (Å²) >= 11 is 1.93. The standard InChI is InChI=1S/C10H14FN3S/c1-7-5-14(6-8(2)15-7)10-9(11)12-3-4-13-10/h3-4,7-8H,5-6H2,1-2H3. The summed E-state index contributed by atoms with van der Waals surface area (Å²) in [5.74, 6) is -0.0831. The number of hydrogen-bond donors (Lipinski definition) is 0. The molecule has 82 valence electrons. The van der Waals surface area contributed by atoms with Crippen LogP contribution < -0.4 is 4.90 Å². The van der Waals surface area contributed by atoms with E-state index in [1.165, 1.54) is 12.4 Å². The van der Waals surface area contributed by atoms with E-state index in [0.29, 0.717) is 16.3 Å². The highest BCUT2D eigenvalue weighted by molar-refractivity contribution is 8.00. The molecule has 0 spiro atoms. The van der Waals surface area contributed by atoms with Crippen molar-refractivity contribution in [2.24, 2.45) is 0 Å². The molecule has 2 unspecified atom stereocenters. The van der Waals surface area contributed by atoms with E-state index in [0.717, 1.165) is 13.1 Å². The Morgan fingerprint density at radius 1 is 1.27 bits per heavy atom. The van der Waals surface area contributed by atoms with Crippen LogP contribution in [-0.4, -0.2) is 33.6 Å². The zero-order valence-corrected chi connectivity index (χ0v) is 9.67. The highest BCUT2D eigenvalue weighted by Crippen LogP contribution is 2.27. The minimum absolute atomic E-state index is 0.386. The summed E-state index contributed by atoms with van der Waals surface area (Å²) in [6.45, 7) is 5.98. The van der Waals surface area contributed by atoms with Gasteiger partial charge in [0.25, 0.3) is 5.95 Å². The van der Waals surface area contributed by atoms with Crippen LogP contribution >= 0.6 is 11.8 Å². The average molecular weight is 227 g/mol. The first kappa shape index (κ1) is 10.7. The van der Waals surface area contributed by atoms with E-state index in [1.54, 1.807) is 0 Å². The van der Waals surface area contributed by atoms with Gasteiger partial charge in [-0.1, -0.05) is 13.8 Å². The van der Waals surface area contributed by atoms with E-state index in [1.807, 2.05) is 16.7 Å². The second-order valence-electron chi connectivity index (χ2n) is 3.83. The van der Waals surface area contributed by atoms with Crippen LogP contribution in [0.25, 0.3) is 0 Å². The van der Waals surface area contributed by atoms with Gasteiger partial charge in [0.1, 0.15) is 0 Å². The van der Waals surface area contributed by atoms with Crippen LogP contribution in [0.3, 0.4) is 0 Å². The second kappa shape index (κ2) is 4.35. The SMILES string of the molecule is CC1CN(c2nccnc2F)CC(C)S1. The van der Waals surface area contributed by atoms with Crippen LogP contribution in [0.4, 0.5) is 10.2 Å². The molecule has 2 rings (SSSR count). The molecule has 0 bridgehead atoms. The third-order valence-corrected chi connectivity index (χ3v) is 3.58. The molecule has 0 radical (unpaired) electrons. The van der Waals surface area contributed by atoms with Crippen LogP contribution in [0.15, 0.2) is 12.4 Å². The summed E-state index contributed by atoms with van der Waals surface area (Å²) in [5, 5.41) is 1.02. The van der Waals surface area contributed by atoms with E-state index in [4.69, 9.17) is 0 Å². The molecule has 1 aliphatic rings. The largest absolute Gasteiger partial charge is 0.351 e. The third-order valence-electron chi connectivity index (χ3n) is 2.36. The molecule has 0 aliphatic carbocycles. The highest BCUT2D eigenvalue weighted by Gasteiger charge is 2.25. The molecule has 0 amide bonds. The molecular weight excluding hydrogens is 213 g/mol. The first-order valence-electron chi connectivity index (χ1n) is 5.03. The number of anilines is 1. The van der Waals surface area contributed by atoms with E-state index >= 15 is 0 Å². The molecule has 2 heterocycles. The summed E-state index contributed by atoms with van der Waals surface area (Å²) < 4.78 is 13.4. The van der Waals surface area contributed by atoms with Gasteiger partial charge in [0, 0.05) is 36.0 Å². The Labute approximate surface area is 93.1 Å². The van der Waals surface area contributed by atoms with Gasteiger partial charge in [0.05, 0.1) is 0 Å². The molecule has 1 saturated heterocycles. The first-order chi connectivity index (χ1) is 7.16. The molecule has 2 atom stereocenters. The van der Waals surface area contributed by atoms with Crippen molar-refractivity contribution in [3.63, 3.8) is 0 Å². The van der Waals surface area contributed by atoms with E-state index in [-0.39, 0.29) is 0 Å². The maximum Gasteiger partial charge on any atom is 0.255 e. The van der Waals surface area contributed by atoms with Gasteiger partial charge in [0.15, 0.2) is 5.82 Å². The van der Waals surface area contributed by atoms with Crippen LogP contribution in [0, 0.1) is 5.95 Å². The lowest BCUT2D eigenvalue weighted by Gasteiger charge is -2.35. The molecule has 0 saturated carbocycles. The van der Waals surface area contributed by atoms with Gasteiger partial charge >= 0.3 is 0 Å². The zero-order valence-electron chi connectivity index (χ0n) is 8.85. The predicted molar refractivity (Wildman–Crippen MR) is 60.7 cm³/mol. The lowest BCUT2D eigenvalue weighted by molar-refractivity contribution is 0.563. The monoisotopic (exact) mass is 227 g/mol. The van der Waals surface area contributed by atoms with Crippen molar-refractivity contribution < 1.29 is 4.39 Å². The highest BCUT2D eigenvalue weighted by atomic mass is 32.2. The lowest BCUT2D eigenvalue weighted by Crippen LogP contribution is -2.41. The molecule has 0 aromatic carbocycles. The Balaban J connectivity index is 2.20. The van der Waals surface area contributed by atoms with Gasteiger partial charge in [-0.25, -0.2) is 9.97 Å². The van der Waals surface area contributed by atoms with Crippen LogP contribution in [0.1, 0.15) is 13.8 Å². The van der Waals surface area contributed by atoms with E-state index in [2.05, 4.69) is 23.8 Å². The Morgan fingerprint density at radius 2 is 1.87 bits per heavy atom. The van der Waals surface area contributed by atoms with Gasteiger partial charge < -0.3 is 4.90 Å². The predicted octanol–water partition coefficient (Wildman–Crippen LogP) is 1.95. The van der Waals surface area contributed by atoms with Gasteiger partial charge in [0.2, 0.25) is 0 Å². The third kappa shape index (κ3) is 2.40. The van der Waals surface area contributed by atoms with Gasteiger partial charge in [-0.2, -0.15) is 16.2 Å². The molecule has 1 aromatic rings. The van der Waals surface area contributed by atoms with Gasteiger partial charge in [-0.05, 0) is 0 Å². The van der Waals surface area contributed by atoms with Crippen molar-refractivity contribution in [2.45, 2.75) is 24.3 Å². The normalized spacial score (nSPS) is 26.7. The number of nitrogens with zero attached hydrogens (tertiary/aromatic N) is 3.